The minimum atomic E-state index is -0.435. The Hall–Kier alpha value is -3.32. The summed E-state index contributed by atoms with van der Waals surface area (Å²) in [7, 11) is 0. The van der Waals surface area contributed by atoms with Gasteiger partial charge in [-0.2, -0.15) is 0 Å². The van der Waals surface area contributed by atoms with Crippen LogP contribution in [0.1, 0.15) is 107 Å². The molecule has 7 rings (SSSR count). The van der Waals surface area contributed by atoms with Gasteiger partial charge in [-0.15, -0.1) is 6.58 Å². The highest BCUT2D eigenvalue weighted by atomic mass is 16.6. The molecule has 0 aromatic heterocycles. The summed E-state index contributed by atoms with van der Waals surface area (Å²) in [6.07, 6.45) is 17.7. The summed E-state index contributed by atoms with van der Waals surface area (Å²) in [6, 6.07) is 12.3. The molecule has 48 heavy (non-hydrogen) atoms. The summed E-state index contributed by atoms with van der Waals surface area (Å²) in [5.41, 5.74) is 2.90. The van der Waals surface area contributed by atoms with Crippen LogP contribution in [-0.2, 0) is 27.8 Å². The zero-order valence-electron chi connectivity index (χ0n) is 28.8. The molecule has 3 fully saturated rings. The smallest absolute Gasteiger partial charge is 0.308 e. The predicted molar refractivity (Wildman–Crippen MR) is 187 cm³/mol. The van der Waals surface area contributed by atoms with Crippen molar-refractivity contribution < 1.29 is 24.2 Å². The van der Waals surface area contributed by atoms with Crippen LogP contribution in [0.2, 0.25) is 0 Å². The summed E-state index contributed by atoms with van der Waals surface area (Å²) in [5, 5.41) is 11.4. The number of likely N-dealkylation sites (tertiary alicyclic amines) is 1. The van der Waals surface area contributed by atoms with Crippen LogP contribution in [0.5, 0.6) is 17.2 Å². The van der Waals surface area contributed by atoms with Crippen molar-refractivity contribution in [2.75, 3.05) is 19.6 Å². The lowest BCUT2D eigenvalue weighted by molar-refractivity contribution is -0.142. The van der Waals surface area contributed by atoms with Gasteiger partial charge in [-0.05, 0) is 68.9 Å². The Bertz CT molecular complexity index is 1490. The number of amides is 1. The zero-order valence-corrected chi connectivity index (χ0v) is 28.8. The van der Waals surface area contributed by atoms with E-state index in [1.165, 1.54) is 51.0 Å². The van der Waals surface area contributed by atoms with E-state index in [4.69, 9.17) is 9.47 Å². The number of rotatable bonds is 13. The number of ether oxygens (including phenoxy) is 2. The molecule has 2 aromatic carbocycles. The van der Waals surface area contributed by atoms with Gasteiger partial charge in [-0.1, -0.05) is 81.4 Å². The van der Waals surface area contributed by atoms with Gasteiger partial charge < -0.3 is 19.5 Å². The van der Waals surface area contributed by atoms with Gasteiger partial charge in [-0.3, -0.25) is 14.5 Å². The Morgan fingerprint density at radius 2 is 1.92 bits per heavy atom. The fourth-order valence-electron chi connectivity index (χ4n) is 10.5. The molecule has 7 heteroatoms. The molecular formula is C41H54N2O5. The third-order valence-corrected chi connectivity index (χ3v) is 12.5. The summed E-state index contributed by atoms with van der Waals surface area (Å²) in [6.45, 7) is 7.84. The van der Waals surface area contributed by atoms with Crippen LogP contribution in [-0.4, -0.2) is 64.6 Å². The fourth-order valence-corrected chi connectivity index (χ4v) is 10.5. The van der Waals surface area contributed by atoms with E-state index in [9.17, 15) is 14.7 Å². The van der Waals surface area contributed by atoms with Crippen molar-refractivity contribution in [1.29, 1.82) is 0 Å². The van der Waals surface area contributed by atoms with Crippen LogP contribution < -0.4 is 9.47 Å². The van der Waals surface area contributed by atoms with Crippen molar-refractivity contribution in [1.82, 2.24) is 9.80 Å². The number of hydrogen-bond donors (Lipinski definition) is 1. The van der Waals surface area contributed by atoms with Crippen molar-refractivity contribution >= 4 is 11.9 Å². The lowest BCUT2D eigenvalue weighted by Gasteiger charge is -2.60. The van der Waals surface area contributed by atoms with E-state index < -0.39 is 5.97 Å². The topological polar surface area (TPSA) is 79.3 Å². The van der Waals surface area contributed by atoms with Crippen molar-refractivity contribution in [3.05, 3.63) is 65.7 Å². The van der Waals surface area contributed by atoms with E-state index in [1.54, 1.807) is 6.07 Å². The van der Waals surface area contributed by atoms with E-state index in [2.05, 4.69) is 40.6 Å². The van der Waals surface area contributed by atoms with Gasteiger partial charge in [0, 0.05) is 55.1 Å². The number of esters is 1. The maximum atomic E-state index is 14.4. The molecule has 5 aliphatic rings. The average molecular weight is 655 g/mol. The predicted octanol–water partition coefficient (Wildman–Crippen LogP) is 7.51. The number of unbranched alkanes of at least 4 members (excludes halogenated alkanes) is 1. The highest BCUT2D eigenvalue weighted by Crippen LogP contribution is 2.65. The third kappa shape index (κ3) is 6.16. The highest BCUT2D eigenvalue weighted by Gasteiger charge is 2.67. The normalized spacial score (nSPS) is 27.5. The van der Waals surface area contributed by atoms with Crippen molar-refractivity contribution in [2.24, 2.45) is 11.8 Å². The minimum Gasteiger partial charge on any atom is -0.508 e. The SMILES string of the molecule is C=CCN1CC[C@]23c4c5c(O)cc(OC(C)=O)c4O[C@H]2[C@@H](N(CCCc2ccccc2)C(=O)CCCCC2CCCCC2)CC[C@H]3[C@H]1C5. The fraction of sp³-hybridized carbons (Fsp3) is 0.610. The molecule has 0 unspecified atom stereocenters. The molecule has 2 heterocycles. The second-order valence-corrected chi connectivity index (χ2v) is 15.2. The van der Waals surface area contributed by atoms with Gasteiger partial charge in [0.25, 0.3) is 0 Å². The standard InChI is InChI=1S/C41H54N2O5/c1-3-23-42-25-22-41-32-20-21-33(40(41)48-39-36(47-28(2)44)27-35(45)31(38(39)41)26-34(32)42)43(24-12-18-30-15-8-5-9-16-30)37(46)19-11-10-17-29-13-6-4-7-14-29/h3,5,8-9,15-16,27,29,32-34,40,45H,1,4,6-7,10-14,17-26H2,2H3/t32-,33-,34+,40-,41-/m0/s1. The molecule has 2 aromatic rings. The molecule has 2 bridgehead atoms. The van der Waals surface area contributed by atoms with E-state index >= 15 is 0 Å². The molecule has 3 aliphatic carbocycles. The minimum absolute atomic E-state index is 0.0832. The van der Waals surface area contributed by atoms with Crippen LogP contribution in [0.15, 0.2) is 49.1 Å². The van der Waals surface area contributed by atoms with Crippen molar-refractivity contribution in [3.8, 4) is 17.2 Å². The number of piperidine rings is 1. The molecule has 2 saturated carbocycles. The maximum Gasteiger partial charge on any atom is 0.308 e. The third-order valence-electron chi connectivity index (χ3n) is 12.5. The Morgan fingerprint density at radius 1 is 1.10 bits per heavy atom. The van der Waals surface area contributed by atoms with E-state index in [1.807, 2.05) is 12.1 Å². The Balaban J connectivity index is 1.19. The molecule has 1 amide bonds. The molecule has 1 spiro atoms. The number of benzene rings is 2. The van der Waals surface area contributed by atoms with Crippen LogP contribution >= 0.6 is 0 Å². The van der Waals surface area contributed by atoms with Crippen molar-refractivity contribution in [3.63, 3.8) is 0 Å². The summed E-state index contributed by atoms with van der Waals surface area (Å²) in [5.74, 6) is 2.05. The van der Waals surface area contributed by atoms with Crippen LogP contribution in [0, 0.1) is 11.8 Å². The summed E-state index contributed by atoms with van der Waals surface area (Å²) < 4.78 is 12.7. The van der Waals surface area contributed by atoms with Gasteiger partial charge >= 0.3 is 5.97 Å². The van der Waals surface area contributed by atoms with E-state index in [-0.39, 0.29) is 35.3 Å². The largest absolute Gasteiger partial charge is 0.508 e. The van der Waals surface area contributed by atoms with Gasteiger partial charge in [0.15, 0.2) is 11.5 Å². The monoisotopic (exact) mass is 654 g/mol. The summed E-state index contributed by atoms with van der Waals surface area (Å²) >= 11 is 0. The van der Waals surface area contributed by atoms with Crippen molar-refractivity contribution in [2.45, 2.75) is 127 Å². The molecule has 5 atom stereocenters. The number of hydrogen-bond acceptors (Lipinski definition) is 6. The second kappa shape index (κ2) is 14.3. The van der Waals surface area contributed by atoms with E-state index in [0.29, 0.717) is 30.4 Å². The first-order valence-corrected chi connectivity index (χ1v) is 18.8. The number of phenolic OH excluding ortho intramolecular Hbond substituents is 1. The highest BCUT2D eigenvalue weighted by molar-refractivity contribution is 5.77. The van der Waals surface area contributed by atoms with Gasteiger partial charge in [0.2, 0.25) is 5.91 Å². The Morgan fingerprint density at radius 3 is 2.69 bits per heavy atom. The lowest BCUT2D eigenvalue weighted by Crippen LogP contribution is -2.69. The number of carbonyl (C=O) groups excluding carboxylic acids is 2. The molecule has 0 radical (unpaired) electrons. The first-order chi connectivity index (χ1) is 23.4. The maximum absolute atomic E-state index is 14.4. The number of aromatic hydroxyl groups is 1. The average Bonchev–Trinajstić information content (AvgIpc) is 3.43. The Labute approximate surface area is 286 Å². The number of phenols is 1. The first-order valence-electron chi connectivity index (χ1n) is 18.8. The van der Waals surface area contributed by atoms with Crippen LogP contribution in [0.4, 0.5) is 0 Å². The van der Waals surface area contributed by atoms with Crippen LogP contribution in [0.25, 0.3) is 0 Å². The van der Waals surface area contributed by atoms with Gasteiger partial charge in [0.1, 0.15) is 11.9 Å². The molecule has 2 aliphatic heterocycles. The zero-order chi connectivity index (χ0) is 33.3. The van der Waals surface area contributed by atoms with E-state index in [0.717, 1.165) is 81.5 Å². The molecule has 1 N–H and O–H groups in total. The molecule has 258 valence electrons. The molecule has 1 saturated heterocycles. The van der Waals surface area contributed by atoms with Gasteiger partial charge in [0.05, 0.1) is 6.04 Å². The Kier molecular flexibility index (Phi) is 9.86. The number of nitrogens with zero attached hydrogens (tertiary/aromatic N) is 2. The molecule has 7 nitrogen and oxygen atoms in total. The summed E-state index contributed by atoms with van der Waals surface area (Å²) in [4.78, 5) is 31.3. The number of aryl methyl sites for hydroxylation is 1. The number of carbonyl (C=O) groups is 2. The lowest BCUT2D eigenvalue weighted by atomic mass is 9.50. The quantitative estimate of drug-likeness (QED) is 0.104. The second-order valence-electron chi connectivity index (χ2n) is 15.2. The van der Waals surface area contributed by atoms with Gasteiger partial charge in [-0.25, -0.2) is 0 Å². The van der Waals surface area contributed by atoms with Crippen LogP contribution in [0.3, 0.4) is 0 Å². The molecular weight excluding hydrogens is 600 g/mol. The first kappa shape index (κ1) is 33.2.